The van der Waals surface area contributed by atoms with Gasteiger partial charge in [0, 0.05) is 19.8 Å². The molecular formula is C13H22N4O2. The van der Waals surface area contributed by atoms with E-state index in [0.29, 0.717) is 30.6 Å². The van der Waals surface area contributed by atoms with Crippen LogP contribution < -0.4 is 16.8 Å². The number of nitrogen functional groups attached to an aromatic ring is 1. The summed E-state index contributed by atoms with van der Waals surface area (Å²) in [7, 11) is 0. The molecule has 0 unspecified atom stereocenters. The molecule has 0 aromatic carbocycles. The Morgan fingerprint density at radius 2 is 2.21 bits per heavy atom. The number of ether oxygens (including phenoxy) is 1. The molecule has 0 aliphatic rings. The summed E-state index contributed by atoms with van der Waals surface area (Å²) in [5, 5.41) is 3.07. The van der Waals surface area contributed by atoms with Crippen LogP contribution in [0.4, 0.5) is 11.5 Å². The molecule has 6 heteroatoms. The molecule has 0 aliphatic heterocycles. The van der Waals surface area contributed by atoms with E-state index in [1.165, 1.54) is 6.07 Å². The highest BCUT2D eigenvalue weighted by molar-refractivity contribution is 5.91. The van der Waals surface area contributed by atoms with Crippen LogP contribution in [0.1, 0.15) is 30.8 Å². The molecule has 1 amide bonds. The molecule has 1 rings (SSSR count). The van der Waals surface area contributed by atoms with Gasteiger partial charge in [0.15, 0.2) is 0 Å². The Balaban J connectivity index is 2.36. The predicted molar refractivity (Wildman–Crippen MR) is 75.9 cm³/mol. The lowest BCUT2D eigenvalue weighted by molar-refractivity contribution is 0.0995. The monoisotopic (exact) mass is 266 g/mol. The average Bonchev–Trinajstić information content (AvgIpc) is 2.34. The Bertz CT molecular complexity index is 421. The van der Waals surface area contributed by atoms with Crippen LogP contribution in [0.15, 0.2) is 12.1 Å². The highest BCUT2D eigenvalue weighted by Crippen LogP contribution is 2.15. The first-order valence-electron chi connectivity index (χ1n) is 6.38. The van der Waals surface area contributed by atoms with Gasteiger partial charge in [-0.15, -0.1) is 0 Å². The van der Waals surface area contributed by atoms with E-state index in [2.05, 4.69) is 24.1 Å². The van der Waals surface area contributed by atoms with Gasteiger partial charge in [0.1, 0.15) is 11.5 Å². The van der Waals surface area contributed by atoms with E-state index >= 15 is 0 Å². The van der Waals surface area contributed by atoms with Crippen molar-refractivity contribution in [3.63, 3.8) is 0 Å². The number of carbonyl (C=O) groups is 1. The molecule has 0 aliphatic carbocycles. The number of pyridine rings is 1. The number of nitrogens with two attached hydrogens (primary N) is 2. The molecule has 1 aromatic rings. The molecule has 0 spiro atoms. The molecule has 1 heterocycles. The molecule has 0 fully saturated rings. The number of hydrogen-bond donors (Lipinski definition) is 3. The second kappa shape index (κ2) is 7.58. The number of rotatable bonds is 8. The molecule has 0 saturated carbocycles. The summed E-state index contributed by atoms with van der Waals surface area (Å²) in [6, 6.07) is 3.12. The van der Waals surface area contributed by atoms with Crippen molar-refractivity contribution in [2.75, 3.05) is 30.8 Å². The van der Waals surface area contributed by atoms with Crippen molar-refractivity contribution in [2.45, 2.75) is 20.3 Å². The minimum atomic E-state index is -0.566. The predicted octanol–water partition coefficient (Wildman–Crippen LogP) is 1.24. The SMILES string of the molecule is CC(C)COCCCNc1nc(C(N)=O)ccc1N. The number of primary amides is 1. The maximum Gasteiger partial charge on any atom is 0.267 e. The van der Waals surface area contributed by atoms with Gasteiger partial charge in [-0.2, -0.15) is 0 Å². The minimum absolute atomic E-state index is 0.202. The van der Waals surface area contributed by atoms with Crippen LogP contribution in [0.3, 0.4) is 0 Å². The van der Waals surface area contributed by atoms with Gasteiger partial charge in [0.2, 0.25) is 0 Å². The zero-order valence-electron chi connectivity index (χ0n) is 11.5. The van der Waals surface area contributed by atoms with E-state index < -0.39 is 5.91 Å². The molecule has 0 saturated heterocycles. The van der Waals surface area contributed by atoms with Gasteiger partial charge in [0.25, 0.3) is 5.91 Å². The maximum atomic E-state index is 11.0. The lowest BCUT2D eigenvalue weighted by Crippen LogP contribution is -2.16. The summed E-state index contributed by atoms with van der Waals surface area (Å²) in [5.74, 6) is 0.459. The van der Waals surface area contributed by atoms with Crippen molar-refractivity contribution in [1.82, 2.24) is 4.98 Å². The molecule has 6 nitrogen and oxygen atoms in total. The number of aromatic nitrogens is 1. The minimum Gasteiger partial charge on any atom is -0.396 e. The number of nitrogens with zero attached hydrogens (tertiary/aromatic N) is 1. The highest BCUT2D eigenvalue weighted by atomic mass is 16.5. The van der Waals surface area contributed by atoms with Crippen LogP contribution in [0.5, 0.6) is 0 Å². The first kappa shape index (κ1) is 15.2. The molecule has 106 valence electrons. The standard InChI is InChI=1S/C13H22N4O2/c1-9(2)8-19-7-3-6-16-13-10(14)4-5-11(17-13)12(15)18/h4-5,9H,3,6-8,14H2,1-2H3,(H2,15,18)(H,16,17). The van der Waals surface area contributed by atoms with Gasteiger partial charge < -0.3 is 21.5 Å². The summed E-state index contributed by atoms with van der Waals surface area (Å²) in [6.45, 7) is 6.34. The van der Waals surface area contributed by atoms with E-state index in [0.717, 1.165) is 13.0 Å². The summed E-state index contributed by atoms with van der Waals surface area (Å²) >= 11 is 0. The quantitative estimate of drug-likeness (QED) is 0.614. The van der Waals surface area contributed by atoms with Crippen LogP contribution in [-0.2, 0) is 4.74 Å². The topological polar surface area (TPSA) is 103 Å². The molecule has 0 atom stereocenters. The smallest absolute Gasteiger partial charge is 0.267 e. The maximum absolute atomic E-state index is 11.0. The number of amides is 1. The summed E-state index contributed by atoms with van der Waals surface area (Å²) < 4.78 is 5.46. The van der Waals surface area contributed by atoms with Crippen molar-refractivity contribution in [3.05, 3.63) is 17.8 Å². The van der Waals surface area contributed by atoms with Crippen molar-refractivity contribution >= 4 is 17.4 Å². The summed E-state index contributed by atoms with van der Waals surface area (Å²) in [6.07, 6.45) is 0.842. The Morgan fingerprint density at radius 3 is 2.84 bits per heavy atom. The van der Waals surface area contributed by atoms with Crippen molar-refractivity contribution in [3.8, 4) is 0 Å². The van der Waals surface area contributed by atoms with Gasteiger partial charge in [-0.25, -0.2) is 4.98 Å². The second-order valence-electron chi connectivity index (χ2n) is 4.75. The van der Waals surface area contributed by atoms with Crippen LogP contribution in [-0.4, -0.2) is 30.6 Å². The van der Waals surface area contributed by atoms with Crippen LogP contribution in [0.2, 0.25) is 0 Å². The summed E-state index contributed by atoms with van der Waals surface area (Å²) in [4.78, 5) is 15.1. The van der Waals surface area contributed by atoms with Crippen molar-refractivity contribution in [2.24, 2.45) is 11.7 Å². The fourth-order valence-electron chi connectivity index (χ4n) is 1.45. The number of anilines is 2. The van der Waals surface area contributed by atoms with Gasteiger partial charge >= 0.3 is 0 Å². The number of hydrogen-bond acceptors (Lipinski definition) is 5. The lowest BCUT2D eigenvalue weighted by atomic mass is 10.2. The second-order valence-corrected chi connectivity index (χ2v) is 4.75. The fraction of sp³-hybridized carbons (Fsp3) is 0.538. The van der Waals surface area contributed by atoms with E-state index in [4.69, 9.17) is 16.2 Å². The molecule has 0 radical (unpaired) electrons. The van der Waals surface area contributed by atoms with Gasteiger partial charge in [-0.1, -0.05) is 13.8 Å². The molecule has 0 bridgehead atoms. The van der Waals surface area contributed by atoms with Gasteiger partial charge in [-0.05, 0) is 24.5 Å². The van der Waals surface area contributed by atoms with Gasteiger partial charge in [-0.3, -0.25) is 4.79 Å². The van der Waals surface area contributed by atoms with E-state index in [-0.39, 0.29) is 5.69 Å². The van der Waals surface area contributed by atoms with E-state index in [1.54, 1.807) is 6.07 Å². The van der Waals surface area contributed by atoms with Crippen LogP contribution in [0.25, 0.3) is 0 Å². The number of carbonyl (C=O) groups excluding carboxylic acids is 1. The summed E-state index contributed by atoms with van der Waals surface area (Å²) in [5.41, 5.74) is 11.6. The molecule has 5 N–H and O–H groups in total. The average molecular weight is 266 g/mol. The Kier molecular flexibility index (Phi) is 6.08. The lowest BCUT2D eigenvalue weighted by Gasteiger charge is -2.10. The third kappa shape index (κ3) is 5.56. The van der Waals surface area contributed by atoms with E-state index in [9.17, 15) is 4.79 Å². The van der Waals surface area contributed by atoms with Crippen molar-refractivity contribution in [1.29, 1.82) is 0 Å². The van der Waals surface area contributed by atoms with Crippen molar-refractivity contribution < 1.29 is 9.53 Å². The molecular weight excluding hydrogens is 244 g/mol. The largest absolute Gasteiger partial charge is 0.396 e. The normalized spacial score (nSPS) is 10.7. The molecule has 19 heavy (non-hydrogen) atoms. The Labute approximate surface area is 113 Å². The highest BCUT2D eigenvalue weighted by Gasteiger charge is 2.06. The third-order valence-electron chi connectivity index (χ3n) is 2.39. The first-order valence-corrected chi connectivity index (χ1v) is 6.38. The fourth-order valence-corrected chi connectivity index (χ4v) is 1.45. The van der Waals surface area contributed by atoms with Crippen LogP contribution in [0, 0.1) is 5.92 Å². The zero-order valence-corrected chi connectivity index (χ0v) is 11.5. The third-order valence-corrected chi connectivity index (χ3v) is 2.39. The first-order chi connectivity index (χ1) is 9.00. The van der Waals surface area contributed by atoms with Gasteiger partial charge in [0.05, 0.1) is 5.69 Å². The zero-order chi connectivity index (χ0) is 14.3. The Morgan fingerprint density at radius 1 is 1.47 bits per heavy atom. The Hall–Kier alpha value is -1.82. The van der Waals surface area contributed by atoms with E-state index in [1.807, 2.05) is 0 Å². The molecule has 1 aromatic heterocycles. The van der Waals surface area contributed by atoms with Crippen LogP contribution >= 0.6 is 0 Å². The number of nitrogens with one attached hydrogen (secondary N) is 1.